The van der Waals surface area contributed by atoms with Gasteiger partial charge in [0, 0.05) is 17.7 Å². The monoisotopic (exact) mass is 476 g/mol. The molecule has 8 nitrogen and oxygen atoms in total. The van der Waals surface area contributed by atoms with Crippen LogP contribution in [0, 0.1) is 0 Å². The second-order valence-electron chi connectivity index (χ2n) is 7.37. The number of methoxy groups -OCH3 is 2. The average molecular weight is 476 g/mol. The Morgan fingerprint density at radius 3 is 2.44 bits per heavy atom. The van der Waals surface area contributed by atoms with Crippen molar-refractivity contribution < 1.29 is 32.2 Å². The molecule has 1 heterocycles. The van der Waals surface area contributed by atoms with E-state index in [0.29, 0.717) is 28.5 Å². The number of hydrogen-bond donors (Lipinski definition) is 2. The summed E-state index contributed by atoms with van der Waals surface area (Å²) in [5.41, 5.74) is 1.45. The predicted octanol–water partition coefficient (Wildman–Crippen LogP) is 5.40. The van der Waals surface area contributed by atoms with Gasteiger partial charge in [0.25, 0.3) is 0 Å². The number of nitrogens with one attached hydrogen (secondary N) is 2. The highest BCUT2D eigenvalue weighted by molar-refractivity contribution is 5.91. The van der Waals surface area contributed by atoms with Gasteiger partial charge in [-0.1, -0.05) is 12.1 Å². The number of hydrogen-bond acceptors (Lipinski definition) is 8. The first-order valence-corrected chi connectivity index (χ1v) is 10.1. The molecule has 0 bridgehead atoms. The molecule has 2 aromatic carbocycles. The summed E-state index contributed by atoms with van der Waals surface area (Å²) in [6.07, 6.45) is -4.82. The normalized spacial score (nSPS) is 11.2. The smallest absolute Gasteiger partial charge is 0.495 e. The minimum Gasteiger partial charge on any atom is -0.495 e. The molecule has 1 aromatic heterocycles. The number of halogens is 3. The van der Waals surface area contributed by atoms with E-state index >= 15 is 0 Å². The number of esters is 1. The van der Waals surface area contributed by atoms with Crippen LogP contribution < -0.4 is 20.1 Å². The highest BCUT2D eigenvalue weighted by Crippen LogP contribution is 2.32. The minimum atomic E-state index is -4.82. The Bertz CT molecular complexity index is 1170. The molecule has 34 heavy (non-hydrogen) atoms. The van der Waals surface area contributed by atoms with Gasteiger partial charge in [0.05, 0.1) is 31.2 Å². The maximum absolute atomic E-state index is 12.7. The van der Waals surface area contributed by atoms with Crippen LogP contribution in [0.4, 0.5) is 30.6 Å². The highest BCUT2D eigenvalue weighted by atomic mass is 19.4. The lowest BCUT2D eigenvalue weighted by molar-refractivity contribution is -0.274. The quantitative estimate of drug-likeness (QED) is 0.418. The fourth-order valence-corrected chi connectivity index (χ4v) is 3.02. The lowest BCUT2D eigenvalue weighted by Crippen LogP contribution is -2.17. The summed E-state index contributed by atoms with van der Waals surface area (Å²) in [6, 6.07) is 11.7. The van der Waals surface area contributed by atoms with Crippen molar-refractivity contribution in [3.8, 4) is 22.8 Å². The second kappa shape index (κ2) is 10.3. The highest BCUT2D eigenvalue weighted by Gasteiger charge is 2.31. The van der Waals surface area contributed by atoms with Crippen LogP contribution in [0.3, 0.4) is 0 Å². The fourth-order valence-electron chi connectivity index (χ4n) is 3.02. The van der Waals surface area contributed by atoms with Crippen molar-refractivity contribution in [2.24, 2.45) is 0 Å². The molecular weight excluding hydrogens is 453 g/mol. The van der Waals surface area contributed by atoms with E-state index in [4.69, 9.17) is 9.47 Å². The van der Waals surface area contributed by atoms with Gasteiger partial charge in [0.2, 0.25) is 5.95 Å². The number of rotatable bonds is 8. The van der Waals surface area contributed by atoms with E-state index in [9.17, 15) is 18.0 Å². The largest absolute Gasteiger partial charge is 0.573 e. The summed E-state index contributed by atoms with van der Waals surface area (Å²) in [6.45, 7) is 3.79. The topological polar surface area (TPSA) is 94.6 Å². The molecule has 0 aliphatic heterocycles. The van der Waals surface area contributed by atoms with Gasteiger partial charge >= 0.3 is 12.3 Å². The summed E-state index contributed by atoms with van der Waals surface area (Å²) in [7, 11) is 2.75. The number of nitrogens with zero attached hydrogens (tertiary/aromatic N) is 2. The van der Waals surface area contributed by atoms with Gasteiger partial charge in [-0.2, -0.15) is 4.98 Å². The molecule has 3 aromatic rings. The molecule has 0 amide bonds. The first-order valence-electron chi connectivity index (χ1n) is 10.1. The maximum atomic E-state index is 12.7. The Hall–Kier alpha value is -4.02. The molecule has 0 radical (unpaired) electrons. The molecule has 3 rings (SSSR count). The van der Waals surface area contributed by atoms with Gasteiger partial charge < -0.3 is 24.8 Å². The number of benzene rings is 2. The third-order valence-electron chi connectivity index (χ3n) is 4.39. The molecule has 0 spiro atoms. The molecule has 0 atom stereocenters. The van der Waals surface area contributed by atoms with Crippen molar-refractivity contribution in [1.82, 2.24) is 9.97 Å². The molecule has 0 saturated carbocycles. The van der Waals surface area contributed by atoms with Crippen LogP contribution in [-0.4, -0.2) is 42.6 Å². The maximum Gasteiger partial charge on any atom is 0.573 e. The number of aromatic nitrogens is 2. The Labute approximate surface area is 194 Å². The Kier molecular flexibility index (Phi) is 7.44. The lowest BCUT2D eigenvalue weighted by atomic mass is 10.1. The molecule has 2 N–H and O–H groups in total. The van der Waals surface area contributed by atoms with Crippen LogP contribution in [0.1, 0.15) is 24.2 Å². The number of carbonyl (C=O) groups excluding carboxylic acids is 1. The lowest BCUT2D eigenvalue weighted by Gasteiger charge is -2.15. The fraction of sp³-hybridized carbons (Fsp3) is 0.261. The van der Waals surface area contributed by atoms with Gasteiger partial charge in [-0.05, 0) is 44.2 Å². The van der Waals surface area contributed by atoms with Gasteiger partial charge in [0.1, 0.15) is 17.3 Å². The van der Waals surface area contributed by atoms with Gasteiger partial charge in [-0.15, -0.1) is 13.2 Å². The second-order valence-corrected chi connectivity index (χ2v) is 7.37. The van der Waals surface area contributed by atoms with Crippen molar-refractivity contribution in [3.05, 3.63) is 54.1 Å². The summed E-state index contributed by atoms with van der Waals surface area (Å²) < 4.78 is 52.1. The van der Waals surface area contributed by atoms with Crippen LogP contribution in [0.25, 0.3) is 11.3 Å². The van der Waals surface area contributed by atoms with Crippen molar-refractivity contribution in [2.75, 3.05) is 24.9 Å². The van der Waals surface area contributed by atoms with Crippen LogP contribution in [0.2, 0.25) is 0 Å². The van der Waals surface area contributed by atoms with E-state index in [1.807, 2.05) is 13.8 Å². The summed E-state index contributed by atoms with van der Waals surface area (Å²) in [5.74, 6) is 0.101. The number of alkyl halides is 3. The predicted molar refractivity (Wildman–Crippen MR) is 121 cm³/mol. The van der Waals surface area contributed by atoms with E-state index in [1.165, 1.54) is 32.4 Å². The average Bonchev–Trinajstić information content (AvgIpc) is 2.77. The van der Waals surface area contributed by atoms with Gasteiger partial charge in [0.15, 0.2) is 0 Å². The summed E-state index contributed by atoms with van der Waals surface area (Å²) in [4.78, 5) is 20.8. The van der Waals surface area contributed by atoms with E-state index in [0.717, 1.165) is 0 Å². The molecule has 180 valence electrons. The zero-order valence-electron chi connectivity index (χ0n) is 18.9. The van der Waals surface area contributed by atoms with E-state index < -0.39 is 12.3 Å². The Morgan fingerprint density at radius 1 is 1.03 bits per heavy atom. The first kappa shape index (κ1) is 24.6. The van der Waals surface area contributed by atoms with Crippen LogP contribution in [-0.2, 0) is 4.74 Å². The molecule has 0 fully saturated rings. The van der Waals surface area contributed by atoms with E-state index in [1.54, 1.807) is 30.3 Å². The molecule has 11 heteroatoms. The first-order chi connectivity index (χ1) is 16.1. The molecule has 0 unspecified atom stereocenters. The van der Waals surface area contributed by atoms with Crippen molar-refractivity contribution in [1.29, 1.82) is 0 Å². The van der Waals surface area contributed by atoms with Crippen molar-refractivity contribution in [2.45, 2.75) is 26.3 Å². The standard InChI is InChI=1S/C23H23F3N4O4/c1-13(2)27-22-29-17(14-6-5-7-16(10-14)34-23(24,25)26)12-20(30-22)28-18-11-15(21(31)33-4)8-9-19(18)32-3/h5-13H,1-4H3,(H2,27,28,29,30). The SMILES string of the molecule is COC(=O)c1ccc(OC)c(Nc2cc(-c3cccc(OC(F)(F)F)c3)nc(NC(C)C)n2)c1. The Balaban J connectivity index is 2.04. The van der Waals surface area contributed by atoms with Gasteiger partial charge in [-0.25, -0.2) is 9.78 Å². The van der Waals surface area contributed by atoms with Crippen LogP contribution in [0.15, 0.2) is 48.5 Å². The zero-order chi connectivity index (χ0) is 24.9. The number of carbonyl (C=O) groups is 1. The third kappa shape index (κ3) is 6.50. The van der Waals surface area contributed by atoms with Crippen LogP contribution in [0.5, 0.6) is 11.5 Å². The van der Waals surface area contributed by atoms with E-state index in [2.05, 4.69) is 25.3 Å². The minimum absolute atomic E-state index is 0.0137. The number of anilines is 3. The zero-order valence-corrected chi connectivity index (χ0v) is 18.9. The third-order valence-corrected chi connectivity index (χ3v) is 4.39. The van der Waals surface area contributed by atoms with Crippen LogP contribution >= 0.6 is 0 Å². The van der Waals surface area contributed by atoms with E-state index in [-0.39, 0.29) is 23.3 Å². The van der Waals surface area contributed by atoms with Gasteiger partial charge in [-0.3, -0.25) is 0 Å². The molecule has 0 aliphatic carbocycles. The molecule has 0 aliphatic rings. The van der Waals surface area contributed by atoms with Crippen molar-refractivity contribution >= 4 is 23.4 Å². The molecular formula is C23H23F3N4O4. The van der Waals surface area contributed by atoms with Crippen molar-refractivity contribution in [3.63, 3.8) is 0 Å². The Morgan fingerprint density at radius 2 is 1.79 bits per heavy atom. The summed E-state index contributed by atoms with van der Waals surface area (Å²) in [5, 5.41) is 6.17. The summed E-state index contributed by atoms with van der Waals surface area (Å²) >= 11 is 0. The number of ether oxygens (including phenoxy) is 3. The molecule has 0 saturated heterocycles.